The molecule has 2 fully saturated rings. The van der Waals surface area contributed by atoms with Gasteiger partial charge in [-0.3, -0.25) is 9.88 Å². The van der Waals surface area contributed by atoms with Gasteiger partial charge in [0.2, 0.25) is 0 Å². The normalized spacial score (nSPS) is 27.9. The second-order valence-corrected chi connectivity index (χ2v) is 7.28. The van der Waals surface area contributed by atoms with E-state index in [2.05, 4.69) is 20.3 Å². The average Bonchev–Trinajstić information content (AvgIpc) is 3.30. The van der Waals surface area contributed by atoms with Gasteiger partial charge in [0.25, 0.3) is 0 Å². The van der Waals surface area contributed by atoms with E-state index in [1.54, 1.807) is 4.90 Å². The first-order valence-corrected chi connectivity index (χ1v) is 9.54. The molecule has 0 saturated carbocycles. The van der Waals surface area contributed by atoms with Crippen LogP contribution in [0.15, 0.2) is 12.7 Å². The quantitative estimate of drug-likeness (QED) is 0.406. The number of carboxylic acid groups (broad SMARTS) is 1. The molecule has 1 unspecified atom stereocenters. The topological polar surface area (TPSA) is 183 Å². The highest BCUT2D eigenvalue weighted by molar-refractivity contribution is 5.95. The Morgan fingerprint density at radius 1 is 1.13 bits per heavy atom. The Labute approximate surface area is 169 Å². The van der Waals surface area contributed by atoms with Crippen LogP contribution in [0.1, 0.15) is 25.5 Å². The lowest BCUT2D eigenvalue weighted by Gasteiger charge is -2.26. The number of aliphatic hydroxyl groups excluding tert-OH is 3. The molecule has 5 N–H and O–H groups in total. The molecule has 2 aromatic heterocycles. The lowest BCUT2D eigenvalue weighted by atomic mass is 10.1. The summed E-state index contributed by atoms with van der Waals surface area (Å²) in [5, 5.41) is 41.8. The minimum atomic E-state index is -2.02. The molecule has 5 atom stereocenters. The van der Waals surface area contributed by atoms with Crippen LogP contribution in [0.2, 0.25) is 0 Å². The molecule has 0 aromatic carbocycles. The summed E-state index contributed by atoms with van der Waals surface area (Å²) in [4.78, 5) is 37.5. The standard InChI is InChI=1S/C17H22N6O7/c24-9-10(25)15(30-12(9)11(26)16(27)28)23-7-20-8-13(18-6-19-14(8)23)21-17(29)22-4-2-1-3-5-22/h6-7,9-12,15,24-26H,1-5H2,(H,27,28)(H,18,19,21,29)/t9-,10+,11?,12-,15+/m0/s1. The van der Waals surface area contributed by atoms with Gasteiger partial charge in [-0.25, -0.2) is 24.5 Å². The SMILES string of the molecule is O=C(O)C(O)[C@H]1O[C@@H](n2cnc3c(NC(=O)N4CCCCC4)ncnc32)[C@H](O)[C@@H]1O. The smallest absolute Gasteiger partial charge is 0.335 e. The molecule has 162 valence electrons. The molecule has 2 amide bonds. The van der Waals surface area contributed by atoms with Crippen molar-refractivity contribution in [1.82, 2.24) is 24.4 Å². The van der Waals surface area contributed by atoms with E-state index in [1.165, 1.54) is 17.2 Å². The van der Waals surface area contributed by atoms with Crippen LogP contribution in [-0.2, 0) is 9.53 Å². The highest BCUT2D eigenvalue weighted by atomic mass is 16.6. The van der Waals surface area contributed by atoms with E-state index < -0.39 is 36.6 Å². The maximum atomic E-state index is 12.5. The van der Waals surface area contributed by atoms with Crippen molar-refractivity contribution in [3.63, 3.8) is 0 Å². The zero-order valence-corrected chi connectivity index (χ0v) is 15.8. The molecular formula is C17H22N6O7. The number of nitrogens with zero attached hydrogens (tertiary/aromatic N) is 5. The van der Waals surface area contributed by atoms with Gasteiger partial charge in [0.05, 0.1) is 6.33 Å². The summed E-state index contributed by atoms with van der Waals surface area (Å²) in [6.45, 7) is 1.31. The van der Waals surface area contributed by atoms with Gasteiger partial charge in [-0.05, 0) is 19.3 Å². The van der Waals surface area contributed by atoms with Crippen molar-refractivity contribution in [3.05, 3.63) is 12.7 Å². The zero-order valence-electron chi connectivity index (χ0n) is 15.8. The van der Waals surface area contributed by atoms with Gasteiger partial charge in [-0.1, -0.05) is 0 Å². The second-order valence-electron chi connectivity index (χ2n) is 7.28. The van der Waals surface area contributed by atoms with E-state index in [1.807, 2.05) is 0 Å². The summed E-state index contributed by atoms with van der Waals surface area (Å²) in [6.07, 6.45) is -2.57. The number of hydrogen-bond acceptors (Lipinski definition) is 9. The zero-order chi connectivity index (χ0) is 21.4. The van der Waals surface area contributed by atoms with Crippen LogP contribution in [0.25, 0.3) is 11.2 Å². The molecule has 30 heavy (non-hydrogen) atoms. The second kappa shape index (κ2) is 8.10. The van der Waals surface area contributed by atoms with Crippen LogP contribution in [0, 0.1) is 0 Å². The van der Waals surface area contributed by atoms with Crippen molar-refractivity contribution in [2.45, 2.75) is 49.9 Å². The number of hydrogen-bond donors (Lipinski definition) is 5. The number of imidazole rings is 1. The molecule has 0 spiro atoms. The Morgan fingerprint density at radius 3 is 2.57 bits per heavy atom. The molecule has 4 heterocycles. The maximum Gasteiger partial charge on any atom is 0.335 e. The van der Waals surface area contributed by atoms with Crippen molar-refractivity contribution in [1.29, 1.82) is 0 Å². The third-order valence-electron chi connectivity index (χ3n) is 5.34. The van der Waals surface area contributed by atoms with E-state index in [9.17, 15) is 24.9 Å². The first-order chi connectivity index (χ1) is 14.4. The maximum absolute atomic E-state index is 12.5. The molecule has 2 aromatic rings. The fourth-order valence-corrected chi connectivity index (χ4v) is 3.72. The Bertz CT molecular complexity index is 946. The number of carbonyl (C=O) groups is 2. The van der Waals surface area contributed by atoms with Gasteiger partial charge < -0.3 is 30.1 Å². The molecule has 13 nitrogen and oxygen atoms in total. The number of urea groups is 1. The Morgan fingerprint density at radius 2 is 1.87 bits per heavy atom. The molecule has 13 heteroatoms. The fourth-order valence-electron chi connectivity index (χ4n) is 3.72. The van der Waals surface area contributed by atoms with Crippen LogP contribution in [-0.4, -0.2) is 94.4 Å². The first kappa shape index (κ1) is 20.4. The van der Waals surface area contributed by atoms with Crippen LogP contribution >= 0.6 is 0 Å². The fraction of sp³-hybridized carbons (Fsp3) is 0.588. The van der Waals surface area contributed by atoms with E-state index in [0.717, 1.165) is 19.3 Å². The van der Waals surface area contributed by atoms with Crippen molar-refractivity contribution in [3.8, 4) is 0 Å². The van der Waals surface area contributed by atoms with Crippen LogP contribution < -0.4 is 5.32 Å². The number of likely N-dealkylation sites (tertiary alicyclic amines) is 1. The van der Waals surface area contributed by atoms with Gasteiger partial charge in [-0.15, -0.1) is 0 Å². The lowest BCUT2D eigenvalue weighted by molar-refractivity contribution is -0.160. The number of rotatable bonds is 4. The molecule has 2 aliphatic rings. The number of piperidine rings is 1. The van der Waals surface area contributed by atoms with Gasteiger partial charge in [0.15, 0.2) is 29.3 Å². The number of carboxylic acids is 1. The predicted octanol–water partition coefficient (Wildman–Crippen LogP) is -1.09. The number of aliphatic carboxylic acids is 1. The van der Waals surface area contributed by atoms with Crippen LogP contribution in [0.5, 0.6) is 0 Å². The molecule has 4 rings (SSSR count). The summed E-state index contributed by atoms with van der Waals surface area (Å²) in [5.41, 5.74) is 0.427. The molecule has 0 radical (unpaired) electrons. The predicted molar refractivity (Wildman–Crippen MR) is 99.3 cm³/mol. The number of carbonyl (C=O) groups excluding carboxylic acids is 1. The lowest BCUT2D eigenvalue weighted by Crippen LogP contribution is -2.42. The van der Waals surface area contributed by atoms with E-state index in [-0.39, 0.29) is 23.0 Å². The number of aliphatic hydroxyl groups is 3. The number of fused-ring (bicyclic) bond motifs is 1. The van der Waals surface area contributed by atoms with Crippen LogP contribution in [0.3, 0.4) is 0 Å². The monoisotopic (exact) mass is 422 g/mol. The summed E-state index contributed by atoms with van der Waals surface area (Å²) in [5.74, 6) is -1.42. The minimum absolute atomic E-state index is 0.171. The molecule has 2 saturated heterocycles. The Balaban J connectivity index is 1.59. The van der Waals surface area contributed by atoms with Gasteiger partial charge in [0, 0.05) is 13.1 Å². The van der Waals surface area contributed by atoms with Gasteiger partial charge in [-0.2, -0.15) is 0 Å². The highest BCUT2D eigenvalue weighted by Gasteiger charge is 2.49. The molecule has 0 bridgehead atoms. The Kier molecular flexibility index (Phi) is 5.51. The van der Waals surface area contributed by atoms with E-state index >= 15 is 0 Å². The van der Waals surface area contributed by atoms with Crippen molar-refractivity contribution >= 4 is 29.0 Å². The van der Waals surface area contributed by atoms with E-state index in [4.69, 9.17) is 9.84 Å². The highest BCUT2D eigenvalue weighted by Crippen LogP contribution is 2.33. The third-order valence-corrected chi connectivity index (χ3v) is 5.34. The molecule has 2 aliphatic heterocycles. The van der Waals surface area contributed by atoms with Gasteiger partial charge >= 0.3 is 12.0 Å². The number of amides is 2. The summed E-state index contributed by atoms with van der Waals surface area (Å²) in [6, 6.07) is -0.304. The summed E-state index contributed by atoms with van der Waals surface area (Å²) >= 11 is 0. The number of nitrogens with one attached hydrogen (secondary N) is 1. The third kappa shape index (κ3) is 3.56. The summed E-state index contributed by atoms with van der Waals surface area (Å²) < 4.78 is 6.70. The van der Waals surface area contributed by atoms with Crippen molar-refractivity contribution in [2.24, 2.45) is 0 Å². The minimum Gasteiger partial charge on any atom is -0.479 e. The van der Waals surface area contributed by atoms with E-state index in [0.29, 0.717) is 13.1 Å². The number of anilines is 1. The molecular weight excluding hydrogens is 400 g/mol. The Hall–Kier alpha value is -2.87. The first-order valence-electron chi connectivity index (χ1n) is 9.54. The number of ether oxygens (including phenoxy) is 1. The number of aromatic nitrogens is 4. The van der Waals surface area contributed by atoms with Gasteiger partial charge in [0.1, 0.15) is 24.6 Å². The summed E-state index contributed by atoms with van der Waals surface area (Å²) in [7, 11) is 0. The van der Waals surface area contributed by atoms with Crippen molar-refractivity contribution in [2.75, 3.05) is 18.4 Å². The van der Waals surface area contributed by atoms with Crippen molar-refractivity contribution < 1.29 is 34.8 Å². The molecule has 0 aliphatic carbocycles. The average molecular weight is 422 g/mol. The largest absolute Gasteiger partial charge is 0.479 e. The van der Waals surface area contributed by atoms with Crippen LogP contribution in [0.4, 0.5) is 10.6 Å².